The summed E-state index contributed by atoms with van der Waals surface area (Å²) in [5.41, 5.74) is 0.993. The summed E-state index contributed by atoms with van der Waals surface area (Å²) in [4.78, 5) is 0.889. The molecule has 0 atom stereocenters. The van der Waals surface area contributed by atoms with Crippen LogP contribution in [0.15, 0.2) is 58.3 Å². The summed E-state index contributed by atoms with van der Waals surface area (Å²) in [6.07, 6.45) is 0. The minimum Gasteiger partial charge on any atom is -0.218 e. The lowest BCUT2D eigenvalue weighted by Gasteiger charge is -2.19. The lowest BCUT2D eigenvalue weighted by atomic mass is 10.0. The van der Waals surface area contributed by atoms with Crippen molar-refractivity contribution in [2.45, 2.75) is 9.79 Å². The van der Waals surface area contributed by atoms with Crippen LogP contribution in [0.5, 0.6) is 0 Å². The molecule has 3 rings (SSSR count). The first-order valence-corrected chi connectivity index (χ1v) is 7.49. The molecule has 0 aromatic heterocycles. The van der Waals surface area contributed by atoms with Crippen molar-refractivity contribution in [1.82, 2.24) is 0 Å². The van der Waals surface area contributed by atoms with Crippen molar-refractivity contribution in [3.05, 3.63) is 59.7 Å². The molecule has 0 spiro atoms. The second-order valence-corrected chi connectivity index (χ2v) is 6.37. The fourth-order valence-electron chi connectivity index (χ4n) is 2.13. The maximum Gasteiger partial charge on any atom is 0.207 e. The van der Waals surface area contributed by atoms with Gasteiger partial charge in [-0.3, -0.25) is 0 Å². The van der Waals surface area contributed by atoms with Crippen molar-refractivity contribution in [1.29, 1.82) is 0 Å². The molecule has 0 bridgehead atoms. The molecule has 0 N–H and O–H groups in total. The molecule has 3 nitrogen and oxygen atoms in total. The van der Waals surface area contributed by atoms with Crippen LogP contribution in [-0.4, -0.2) is 17.5 Å². The van der Waals surface area contributed by atoms with Gasteiger partial charge in [-0.05, 0) is 12.1 Å². The lowest BCUT2D eigenvalue weighted by molar-refractivity contribution is 0.595. The van der Waals surface area contributed by atoms with Crippen molar-refractivity contribution in [2.75, 3.05) is 0 Å². The zero-order chi connectivity index (χ0) is 12.8. The van der Waals surface area contributed by atoms with Crippen molar-refractivity contribution < 1.29 is 12.6 Å². The van der Waals surface area contributed by atoms with E-state index in [0.29, 0.717) is 27.2 Å². The average molecular weight is 276 g/mol. The van der Waals surface area contributed by atoms with Crippen LogP contribution in [0.2, 0.25) is 0 Å². The fourth-order valence-corrected chi connectivity index (χ4v) is 4.47. The van der Waals surface area contributed by atoms with Crippen LogP contribution < -0.4 is 0 Å². The second-order valence-electron chi connectivity index (χ2n) is 3.91. The monoisotopic (exact) mass is 276 g/mol. The number of rotatable bonds is 0. The molecular formula is C13H8O3S2. The topological polar surface area (TPSA) is 51.2 Å². The van der Waals surface area contributed by atoms with Crippen LogP contribution in [-0.2, 0) is 21.1 Å². The zero-order valence-electron chi connectivity index (χ0n) is 9.16. The minimum atomic E-state index is -3.52. The smallest absolute Gasteiger partial charge is 0.207 e. The van der Waals surface area contributed by atoms with Gasteiger partial charge in [0, 0.05) is 11.1 Å². The van der Waals surface area contributed by atoms with E-state index in [1.807, 2.05) is 0 Å². The predicted octanol–water partition coefficient (Wildman–Crippen LogP) is 1.61. The van der Waals surface area contributed by atoms with Gasteiger partial charge in [0.05, 0.1) is 25.9 Å². The summed E-state index contributed by atoms with van der Waals surface area (Å²) in [5, 5.41) is 0. The number of hydrogen-bond donors (Lipinski definition) is 0. The van der Waals surface area contributed by atoms with E-state index in [-0.39, 0.29) is 9.79 Å². The highest BCUT2D eigenvalue weighted by Crippen LogP contribution is 2.33. The van der Waals surface area contributed by atoms with Crippen LogP contribution >= 0.6 is 0 Å². The van der Waals surface area contributed by atoms with E-state index in [1.165, 1.54) is 12.1 Å². The Kier molecular flexibility index (Phi) is 2.46. The molecule has 0 unspecified atom stereocenters. The maximum atomic E-state index is 12.4. The SMILES string of the molecule is O=S=C1c2ccccc2S(=O)(=O)c2ccccc21. The van der Waals surface area contributed by atoms with Gasteiger partial charge in [0.15, 0.2) is 0 Å². The van der Waals surface area contributed by atoms with Gasteiger partial charge in [-0.1, -0.05) is 36.4 Å². The highest BCUT2D eigenvalue weighted by Gasteiger charge is 2.32. The summed E-state index contributed by atoms with van der Waals surface area (Å²) in [6.45, 7) is 0. The molecule has 0 fully saturated rings. The Morgan fingerprint density at radius 3 is 1.67 bits per heavy atom. The molecule has 1 heterocycles. The molecule has 1 aliphatic heterocycles. The van der Waals surface area contributed by atoms with Gasteiger partial charge in [-0.2, -0.15) is 0 Å². The Hall–Kier alpha value is -1.72. The Bertz CT molecular complexity index is 745. The Labute approximate surface area is 108 Å². The Morgan fingerprint density at radius 2 is 1.22 bits per heavy atom. The number of fused-ring (bicyclic) bond motifs is 2. The van der Waals surface area contributed by atoms with Gasteiger partial charge in [0.1, 0.15) is 0 Å². The van der Waals surface area contributed by atoms with E-state index in [4.69, 9.17) is 0 Å². The average Bonchev–Trinajstić information content (AvgIpc) is 2.40. The van der Waals surface area contributed by atoms with E-state index in [9.17, 15) is 12.6 Å². The summed E-state index contributed by atoms with van der Waals surface area (Å²) in [7, 11) is -3.52. The minimum absolute atomic E-state index is 0.210. The molecule has 5 heteroatoms. The number of benzene rings is 2. The largest absolute Gasteiger partial charge is 0.218 e. The van der Waals surface area contributed by atoms with Crippen LogP contribution in [0.1, 0.15) is 11.1 Å². The highest BCUT2D eigenvalue weighted by molar-refractivity contribution is 7.92. The van der Waals surface area contributed by atoms with E-state index in [2.05, 4.69) is 0 Å². The molecular weight excluding hydrogens is 268 g/mol. The Morgan fingerprint density at radius 1 is 0.778 bits per heavy atom. The number of sulfone groups is 1. The lowest BCUT2D eigenvalue weighted by Crippen LogP contribution is -2.20. The van der Waals surface area contributed by atoms with Crippen LogP contribution in [0, 0.1) is 0 Å². The molecule has 18 heavy (non-hydrogen) atoms. The molecule has 0 saturated carbocycles. The third kappa shape index (κ3) is 1.41. The first-order valence-electron chi connectivity index (χ1n) is 5.27. The Balaban J connectivity index is 2.53. The van der Waals surface area contributed by atoms with Crippen LogP contribution in [0.3, 0.4) is 0 Å². The molecule has 0 aliphatic carbocycles. The van der Waals surface area contributed by atoms with Crippen LogP contribution in [0.25, 0.3) is 0 Å². The van der Waals surface area contributed by atoms with Crippen molar-refractivity contribution in [3.63, 3.8) is 0 Å². The first-order chi connectivity index (χ1) is 8.66. The van der Waals surface area contributed by atoms with Gasteiger partial charge in [0.2, 0.25) is 9.84 Å². The number of hydrogen-bond acceptors (Lipinski definition) is 3. The third-order valence-corrected chi connectivity index (χ3v) is 5.40. The zero-order valence-corrected chi connectivity index (χ0v) is 10.8. The molecule has 0 saturated heterocycles. The van der Waals surface area contributed by atoms with E-state index in [1.54, 1.807) is 36.4 Å². The summed E-state index contributed by atoms with van der Waals surface area (Å²) >= 11 is 0.334. The summed E-state index contributed by atoms with van der Waals surface area (Å²) in [5.74, 6) is 0. The van der Waals surface area contributed by atoms with Gasteiger partial charge in [-0.15, -0.1) is 0 Å². The van der Waals surface area contributed by atoms with Gasteiger partial charge < -0.3 is 0 Å². The molecule has 1 aliphatic rings. The van der Waals surface area contributed by atoms with E-state index >= 15 is 0 Å². The van der Waals surface area contributed by atoms with Gasteiger partial charge in [0.25, 0.3) is 0 Å². The molecule has 2 aromatic carbocycles. The normalized spacial score (nSPS) is 15.7. The highest BCUT2D eigenvalue weighted by atomic mass is 32.2. The first kappa shape index (κ1) is 11.4. The summed E-state index contributed by atoms with van der Waals surface area (Å²) in [6, 6.07) is 13.2. The van der Waals surface area contributed by atoms with Crippen molar-refractivity contribution >= 4 is 26.0 Å². The van der Waals surface area contributed by atoms with Gasteiger partial charge in [-0.25, -0.2) is 12.6 Å². The van der Waals surface area contributed by atoms with Gasteiger partial charge >= 0.3 is 0 Å². The molecule has 2 aromatic rings. The van der Waals surface area contributed by atoms with E-state index < -0.39 is 9.84 Å². The van der Waals surface area contributed by atoms with Crippen molar-refractivity contribution in [2.24, 2.45) is 0 Å². The quantitative estimate of drug-likeness (QED) is 0.586. The fraction of sp³-hybridized carbons (Fsp3) is 0. The van der Waals surface area contributed by atoms with E-state index in [0.717, 1.165) is 0 Å². The predicted molar refractivity (Wildman–Crippen MR) is 69.7 cm³/mol. The molecule has 0 amide bonds. The standard InChI is InChI=1S/C13H8O3S2/c14-17-13-9-5-1-3-7-11(9)18(15,16)12-8-4-2-6-10(12)13/h1-8H. The van der Waals surface area contributed by atoms with Crippen LogP contribution in [0.4, 0.5) is 0 Å². The summed E-state index contributed by atoms with van der Waals surface area (Å²) < 4.78 is 36.2. The third-order valence-electron chi connectivity index (χ3n) is 2.93. The second kappa shape index (κ2) is 3.90. The van der Waals surface area contributed by atoms with Crippen molar-refractivity contribution in [3.8, 4) is 0 Å². The maximum absolute atomic E-state index is 12.4. The molecule has 90 valence electrons. The molecule has 0 radical (unpaired) electrons.